The van der Waals surface area contributed by atoms with E-state index in [0.717, 1.165) is 11.4 Å². The topological polar surface area (TPSA) is 108 Å². The molecular weight excluding hydrogens is 508 g/mol. The molecular formula is C27H34N4O6S. The fraction of sp³-hybridized carbons (Fsp3) is 0.481. The number of carbonyl (C=O) groups is 2. The number of nitrogens with zero attached hydrogens (tertiary/aromatic N) is 3. The standard InChI is InChI=1S/C27H34N4O6S/c1-18-14-23-24(37-19(2)26(32)28-23)16-25(18)38(34,35)31-9-5-6-20(17-31)27(33)30-12-10-29(11-13-30)21-7-4-8-22(15-21)36-3/h4,7-8,14-16,19-20H,5-6,9-13,17H2,1-3H3,(H,28,32). The number of piperazine rings is 1. The molecule has 2 aromatic carbocycles. The third-order valence-electron chi connectivity index (χ3n) is 7.57. The summed E-state index contributed by atoms with van der Waals surface area (Å²) >= 11 is 0. The van der Waals surface area contributed by atoms with Gasteiger partial charge in [0, 0.05) is 57.1 Å². The van der Waals surface area contributed by atoms with E-state index < -0.39 is 16.1 Å². The van der Waals surface area contributed by atoms with Gasteiger partial charge in [-0.25, -0.2) is 8.42 Å². The average molecular weight is 543 g/mol. The van der Waals surface area contributed by atoms with E-state index >= 15 is 0 Å². The van der Waals surface area contributed by atoms with Crippen molar-refractivity contribution >= 4 is 33.2 Å². The second-order valence-corrected chi connectivity index (χ2v) is 12.0. The van der Waals surface area contributed by atoms with Crippen LogP contribution in [0, 0.1) is 12.8 Å². The number of hydrogen-bond donors (Lipinski definition) is 1. The van der Waals surface area contributed by atoms with Crippen LogP contribution in [0.4, 0.5) is 11.4 Å². The molecule has 3 heterocycles. The van der Waals surface area contributed by atoms with Crippen molar-refractivity contribution in [3.8, 4) is 11.5 Å². The number of benzene rings is 2. The molecule has 1 N–H and O–H groups in total. The number of hydrogen-bond acceptors (Lipinski definition) is 7. The Morgan fingerprint density at radius 1 is 1.11 bits per heavy atom. The molecule has 0 spiro atoms. The second-order valence-electron chi connectivity index (χ2n) is 10.1. The van der Waals surface area contributed by atoms with Gasteiger partial charge in [-0.2, -0.15) is 4.31 Å². The number of sulfonamides is 1. The quantitative estimate of drug-likeness (QED) is 0.618. The Balaban J connectivity index is 1.26. The molecule has 3 aliphatic heterocycles. The van der Waals surface area contributed by atoms with Crippen molar-refractivity contribution in [2.24, 2.45) is 5.92 Å². The molecule has 2 atom stereocenters. The van der Waals surface area contributed by atoms with Gasteiger partial charge in [0.15, 0.2) is 6.10 Å². The molecule has 0 aliphatic carbocycles. The lowest BCUT2D eigenvalue weighted by molar-refractivity contribution is -0.137. The predicted octanol–water partition coefficient (Wildman–Crippen LogP) is 2.47. The van der Waals surface area contributed by atoms with Gasteiger partial charge >= 0.3 is 0 Å². The fourth-order valence-corrected chi connectivity index (χ4v) is 7.12. The predicted molar refractivity (Wildman–Crippen MR) is 143 cm³/mol. The first-order valence-electron chi connectivity index (χ1n) is 13.0. The van der Waals surface area contributed by atoms with Crippen molar-refractivity contribution in [1.82, 2.24) is 9.21 Å². The van der Waals surface area contributed by atoms with Gasteiger partial charge in [-0.3, -0.25) is 9.59 Å². The van der Waals surface area contributed by atoms with Crippen LogP contribution in [0.1, 0.15) is 25.3 Å². The molecule has 10 nitrogen and oxygen atoms in total. The van der Waals surface area contributed by atoms with Gasteiger partial charge in [0.2, 0.25) is 15.9 Å². The third-order valence-corrected chi connectivity index (χ3v) is 9.58. The van der Waals surface area contributed by atoms with E-state index in [4.69, 9.17) is 9.47 Å². The Morgan fingerprint density at radius 2 is 1.87 bits per heavy atom. The maximum Gasteiger partial charge on any atom is 0.265 e. The van der Waals surface area contributed by atoms with E-state index in [1.54, 1.807) is 27.0 Å². The summed E-state index contributed by atoms with van der Waals surface area (Å²) in [6.07, 6.45) is 0.575. The summed E-state index contributed by atoms with van der Waals surface area (Å²) in [6.45, 7) is 6.42. The molecule has 2 unspecified atom stereocenters. The number of carbonyl (C=O) groups excluding carboxylic acids is 2. The highest BCUT2D eigenvalue weighted by Crippen LogP contribution is 2.36. The number of anilines is 2. The summed E-state index contributed by atoms with van der Waals surface area (Å²) < 4.78 is 39.8. The van der Waals surface area contributed by atoms with Crippen LogP contribution in [0.2, 0.25) is 0 Å². The summed E-state index contributed by atoms with van der Waals surface area (Å²) in [5, 5.41) is 2.75. The van der Waals surface area contributed by atoms with Crippen LogP contribution in [-0.4, -0.2) is 81.9 Å². The first-order chi connectivity index (χ1) is 18.2. The van der Waals surface area contributed by atoms with Gasteiger partial charge in [-0.05, 0) is 50.5 Å². The van der Waals surface area contributed by atoms with Crippen molar-refractivity contribution in [2.45, 2.75) is 37.7 Å². The highest BCUT2D eigenvalue weighted by Gasteiger charge is 2.37. The van der Waals surface area contributed by atoms with Gasteiger partial charge < -0.3 is 24.6 Å². The summed E-state index contributed by atoms with van der Waals surface area (Å²) in [5.41, 5.74) is 2.04. The minimum atomic E-state index is -3.86. The largest absolute Gasteiger partial charge is 0.497 e. The highest BCUT2D eigenvalue weighted by atomic mass is 32.2. The molecule has 2 amide bonds. The van der Waals surface area contributed by atoms with Gasteiger partial charge in [-0.1, -0.05) is 6.07 Å². The molecule has 0 saturated carbocycles. The first kappa shape index (κ1) is 26.3. The first-order valence-corrected chi connectivity index (χ1v) is 14.4. The number of aryl methyl sites for hydroxylation is 1. The van der Waals surface area contributed by atoms with Crippen molar-refractivity contribution in [3.63, 3.8) is 0 Å². The minimum absolute atomic E-state index is 0.0113. The van der Waals surface area contributed by atoms with E-state index in [9.17, 15) is 18.0 Å². The Morgan fingerprint density at radius 3 is 2.61 bits per heavy atom. The molecule has 5 rings (SSSR count). The molecule has 2 saturated heterocycles. The Kier molecular flexibility index (Phi) is 7.23. The lowest BCUT2D eigenvalue weighted by Crippen LogP contribution is -2.53. The molecule has 0 bridgehead atoms. The van der Waals surface area contributed by atoms with Crippen molar-refractivity contribution in [1.29, 1.82) is 0 Å². The smallest absolute Gasteiger partial charge is 0.265 e. The van der Waals surface area contributed by atoms with E-state index in [1.807, 2.05) is 29.2 Å². The monoisotopic (exact) mass is 542 g/mol. The lowest BCUT2D eigenvalue weighted by Gasteiger charge is -2.39. The molecule has 38 heavy (non-hydrogen) atoms. The van der Waals surface area contributed by atoms with E-state index in [2.05, 4.69) is 10.2 Å². The lowest BCUT2D eigenvalue weighted by atomic mass is 9.97. The van der Waals surface area contributed by atoms with Crippen LogP contribution in [0.25, 0.3) is 0 Å². The second kappa shape index (κ2) is 10.5. The number of amides is 2. The number of piperidine rings is 1. The van der Waals surface area contributed by atoms with Crippen molar-refractivity contribution < 1.29 is 27.5 Å². The van der Waals surface area contributed by atoms with Crippen molar-refractivity contribution in [3.05, 3.63) is 42.0 Å². The van der Waals surface area contributed by atoms with Crippen LogP contribution >= 0.6 is 0 Å². The van der Waals surface area contributed by atoms with Gasteiger partial charge in [-0.15, -0.1) is 0 Å². The zero-order valence-corrected chi connectivity index (χ0v) is 22.8. The molecule has 3 aliphatic rings. The number of rotatable bonds is 5. The summed E-state index contributed by atoms with van der Waals surface area (Å²) in [7, 11) is -2.21. The molecule has 2 fully saturated rings. The summed E-state index contributed by atoms with van der Waals surface area (Å²) in [5.74, 6) is 0.492. The minimum Gasteiger partial charge on any atom is -0.497 e. The van der Waals surface area contributed by atoms with Crippen LogP contribution in [0.5, 0.6) is 11.5 Å². The van der Waals surface area contributed by atoms with Gasteiger partial charge in [0.25, 0.3) is 5.91 Å². The van der Waals surface area contributed by atoms with Gasteiger partial charge in [0.05, 0.1) is 23.6 Å². The summed E-state index contributed by atoms with van der Waals surface area (Å²) in [6, 6.07) is 11.0. The summed E-state index contributed by atoms with van der Waals surface area (Å²) in [4.78, 5) is 29.6. The fourth-order valence-electron chi connectivity index (χ4n) is 5.37. The molecule has 0 radical (unpaired) electrons. The zero-order chi connectivity index (χ0) is 27.0. The van der Waals surface area contributed by atoms with E-state index in [0.29, 0.717) is 62.6 Å². The SMILES string of the molecule is COc1cccc(N2CCN(C(=O)C3CCCN(S(=O)(=O)c4cc5c(cc4C)NC(=O)C(C)O5)C3)CC2)c1. The maximum atomic E-state index is 13.7. The number of fused-ring (bicyclic) bond motifs is 1. The highest BCUT2D eigenvalue weighted by molar-refractivity contribution is 7.89. The Hall–Kier alpha value is -3.31. The normalized spacial score (nSPS) is 22.3. The number of ether oxygens (including phenoxy) is 2. The van der Waals surface area contributed by atoms with E-state index in [1.165, 1.54) is 10.4 Å². The van der Waals surface area contributed by atoms with Crippen LogP contribution < -0.4 is 19.7 Å². The van der Waals surface area contributed by atoms with Crippen LogP contribution in [0.15, 0.2) is 41.3 Å². The third kappa shape index (κ3) is 5.04. The number of nitrogens with one attached hydrogen (secondary N) is 1. The molecule has 0 aromatic heterocycles. The van der Waals surface area contributed by atoms with Crippen LogP contribution in [0.3, 0.4) is 0 Å². The van der Waals surface area contributed by atoms with E-state index in [-0.39, 0.29) is 29.2 Å². The molecule has 2 aromatic rings. The average Bonchev–Trinajstić information content (AvgIpc) is 2.93. The zero-order valence-electron chi connectivity index (χ0n) is 22.0. The molecule has 11 heteroatoms. The Labute approximate surface area is 223 Å². The van der Waals surface area contributed by atoms with Crippen LogP contribution in [-0.2, 0) is 19.6 Å². The Bertz CT molecular complexity index is 1340. The number of methoxy groups -OCH3 is 1. The molecule has 204 valence electrons. The van der Waals surface area contributed by atoms with Crippen molar-refractivity contribution in [2.75, 3.05) is 56.6 Å². The van der Waals surface area contributed by atoms with Gasteiger partial charge in [0.1, 0.15) is 11.5 Å². The maximum absolute atomic E-state index is 13.7.